The van der Waals surface area contributed by atoms with E-state index in [0.717, 1.165) is 0 Å². The van der Waals surface area contributed by atoms with E-state index in [1.807, 2.05) is 0 Å². The summed E-state index contributed by atoms with van der Waals surface area (Å²) in [7, 11) is -3.70. The molecule has 0 unspecified atom stereocenters. The second-order valence-corrected chi connectivity index (χ2v) is 7.58. The molecule has 2 rings (SSSR count). The standard InChI is InChI=1S/C13H15N3O4S2/c1-13(2,18)12(17)15-9-3-5-10(6-4-9)22(19,20)16-11-7-14-8-21-11/h3-8,16,18H,1-2H3,(H,15,17). The molecule has 1 heterocycles. The summed E-state index contributed by atoms with van der Waals surface area (Å²) in [6.07, 6.45) is 1.42. The molecule has 0 aliphatic carbocycles. The van der Waals surface area contributed by atoms with Crippen LogP contribution in [0.3, 0.4) is 0 Å². The van der Waals surface area contributed by atoms with E-state index < -0.39 is 21.5 Å². The molecule has 0 radical (unpaired) electrons. The molecule has 0 aliphatic rings. The van der Waals surface area contributed by atoms with Gasteiger partial charge in [0.05, 0.1) is 16.6 Å². The van der Waals surface area contributed by atoms with Crippen molar-refractivity contribution in [2.45, 2.75) is 24.3 Å². The normalized spacial score (nSPS) is 12.0. The van der Waals surface area contributed by atoms with Crippen molar-refractivity contribution in [2.24, 2.45) is 0 Å². The number of aliphatic hydroxyl groups is 1. The molecule has 7 nitrogen and oxygen atoms in total. The predicted molar refractivity (Wildman–Crippen MR) is 84.3 cm³/mol. The number of rotatable bonds is 5. The van der Waals surface area contributed by atoms with E-state index >= 15 is 0 Å². The van der Waals surface area contributed by atoms with Crippen LogP contribution in [0.2, 0.25) is 0 Å². The van der Waals surface area contributed by atoms with Gasteiger partial charge in [-0.25, -0.2) is 8.42 Å². The second kappa shape index (κ2) is 6.03. The maximum Gasteiger partial charge on any atom is 0.262 e. The van der Waals surface area contributed by atoms with E-state index in [0.29, 0.717) is 10.7 Å². The lowest BCUT2D eigenvalue weighted by Crippen LogP contribution is -2.36. The molecule has 0 fully saturated rings. The predicted octanol–water partition coefficient (Wildman–Crippen LogP) is 1.65. The van der Waals surface area contributed by atoms with E-state index in [4.69, 9.17) is 0 Å². The average molecular weight is 341 g/mol. The van der Waals surface area contributed by atoms with E-state index in [2.05, 4.69) is 15.0 Å². The molecule has 0 saturated carbocycles. The van der Waals surface area contributed by atoms with E-state index in [-0.39, 0.29) is 4.90 Å². The van der Waals surface area contributed by atoms with Crippen molar-refractivity contribution in [3.63, 3.8) is 0 Å². The minimum absolute atomic E-state index is 0.0576. The highest BCUT2D eigenvalue weighted by atomic mass is 32.2. The monoisotopic (exact) mass is 341 g/mol. The minimum atomic E-state index is -3.70. The second-order valence-electron chi connectivity index (χ2n) is 5.01. The summed E-state index contributed by atoms with van der Waals surface area (Å²) < 4.78 is 26.7. The van der Waals surface area contributed by atoms with Crippen molar-refractivity contribution in [1.82, 2.24) is 4.98 Å². The van der Waals surface area contributed by atoms with Crippen LogP contribution in [0, 0.1) is 0 Å². The topological polar surface area (TPSA) is 108 Å². The maximum atomic E-state index is 12.1. The minimum Gasteiger partial charge on any atom is -0.381 e. The van der Waals surface area contributed by atoms with Crippen molar-refractivity contribution in [3.05, 3.63) is 36.0 Å². The van der Waals surface area contributed by atoms with Crippen LogP contribution < -0.4 is 10.0 Å². The van der Waals surface area contributed by atoms with Crippen LogP contribution in [0.4, 0.5) is 10.7 Å². The fourth-order valence-corrected chi connectivity index (χ4v) is 3.27. The van der Waals surface area contributed by atoms with E-state index in [1.165, 1.54) is 61.2 Å². The van der Waals surface area contributed by atoms with Crippen LogP contribution in [0.15, 0.2) is 40.9 Å². The Morgan fingerprint density at radius 3 is 2.41 bits per heavy atom. The van der Waals surface area contributed by atoms with Crippen LogP contribution in [0.1, 0.15) is 13.8 Å². The number of nitrogens with zero attached hydrogens (tertiary/aromatic N) is 1. The smallest absolute Gasteiger partial charge is 0.262 e. The number of sulfonamides is 1. The Hall–Kier alpha value is -1.97. The third kappa shape index (κ3) is 4.03. The highest BCUT2D eigenvalue weighted by molar-refractivity contribution is 7.93. The van der Waals surface area contributed by atoms with Crippen LogP contribution >= 0.6 is 11.3 Å². The number of carbonyl (C=O) groups is 1. The molecule has 22 heavy (non-hydrogen) atoms. The maximum absolute atomic E-state index is 12.1. The van der Waals surface area contributed by atoms with Crippen LogP contribution in [-0.4, -0.2) is 30.0 Å². The fourth-order valence-electron chi connectivity index (χ4n) is 1.46. The zero-order chi connectivity index (χ0) is 16.4. The number of hydrogen-bond acceptors (Lipinski definition) is 6. The van der Waals surface area contributed by atoms with Crippen molar-refractivity contribution in [1.29, 1.82) is 0 Å². The zero-order valence-electron chi connectivity index (χ0n) is 11.9. The SMILES string of the molecule is CC(C)(O)C(=O)Nc1ccc(S(=O)(=O)Nc2cncs2)cc1. The number of benzene rings is 1. The summed E-state index contributed by atoms with van der Waals surface area (Å²) in [5.41, 5.74) is 0.398. The summed E-state index contributed by atoms with van der Waals surface area (Å²) in [6, 6.07) is 5.63. The molecule has 118 valence electrons. The van der Waals surface area contributed by atoms with Gasteiger partial charge >= 0.3 is 0 Å². The van der Waals surface area contributed by atoms with Gasteiger partial charge in [-0.15, -0.1) is 11.3 Å². The van der Waals surface area contributed by atoms with Gasteiger partial charge in [-0.2, -0.15) is 0 Å². The number of nitrogens with one attached hydrogen (secondary N) is 2. The Labute approximate surface area is 132 Å². The number of amides is 1. The third-order valence-electron chi connectivity index (χ3n) is 2.65. The number of anilines is 2. The number of thiazole rings is 1. The molecule has 0 spiro atoms. The van der Waals surface area contributed by atoms with E-state index in [9.17, 15) is 18.3 Å². The number of hydrogen-bond donors (Lipinski definition) is 3. The highest BCUT2D eigenvalue weighted by Crippen LogP contribution is 2.20. The molecular weight excluding hydrogens is 326 g/mol. The van der Waals surface area contributed by atoms with Gasteiger partial charge in [0.1, 0.15) is 10.6 Å². The first-order chi connectivity index (χ1) is 10.2. The van der Waals surface area contributed by atoms with Crippen LogP contribution in [0.25, 0.3) is 0 Å². The third-order valence-corrected chi connectivity index (χ3v) is 4.84. The zero-order valence-corrected chi connectivity index (χ0v) is 13.5. The summed E-state index contributed by atoms with van der Waals surface area (Å²) in [5, 5.41) is 12.5. The van der Waals surface area contributed by atoms with E-state index in [1.54, 1.807) is 0 Å². The molecule has 0 saturated heterocycles. The van der Waals surface area contributed by atoms with Gasteiger partial charge in [-0.05, 0) is 38.1 Å². The summed E-state index contributed by atoms with van der Waals surface area (Å²) in [6.45, 7) is 2.72. The largest absolute Gasteiger partial charge is 0.381 e. The Morgan fingerprint density at radius 1 is 1.27 bits per heavy atom. The molecule has 0 atom stereocenters. The molecule has 1 aromatic heterocycles. The van der Waals surface area contributed by atoms with Crippen LogP contribution in [0.5, 0.6) is 0 Å². The fraction of sp³-hybridized carbons (Fsp3) is 0.231. The van der Waals surface area contributed by atoms with Crippen LogP contribution in [-0.2, 0) is 14.8 Å². The van der Waals surface area contributed by atoms with Crippen molar-refractivity contribution < 1.29 is 18.3 Å². The van der Waals surface area contributed by atoms with Gasteiger partial charge in [0.2, 0.25) is 0 Å². The molecule has 1 amide bonds. The van der Waals surface area contributed by atoms with Gasteiger partial charge in [0, 0.05) is 5.69 Å². The van der Waals surface area contributed by atoms with Crippen molar-refractivity contribution >= 4 is 38.0 Å². The molecule has 0 bridgehead atoms. The van der Waals surface area contributed by atoms with Gasteiger partial charge in [-0.1, -0.05) is 0 Å². The van der Waals surface area contributed by atoms with Gasteiger partial charge in [0.25, 0.3) is 15.9 Å². The number of aromatic nitrogens is 1. The summed E-state index contributed by atoms with van der Waals surface area (Å²) in [5.74, 6) is -0.578. The first-order valence-electron chi connectivity index (χ1n) is 6.24. The highest BCUT2D eigenvalue weighted by Gasteiger charge is 2.23. The molecule has 2 aromatic rings. The quantitative estimate of drug-likeness (QED) is 0.766. The van der Waals surface area contributed by atoms with Gasteiger partial charge < -0.3 is 10.4 Å². The lowest BCUT2D eigenvalue weighted by atomic mass is 10.1. The summed E-state index contributed by atoms with van der Waals surface area (Å²) >= 11 is 1.17. The Kier molecular flexibility index (Phi) is 4.50. The molecule has 3 N–H and O–H groups in total. The number of carbonyl (C=O) groups excluding carboxylic acids is 1. The summed E-state index contributed by atoms with van der Waals surface area (Å²) in [4.78, 5) is 15.5. The Bertz CT molecular complexity index is 748. The average Bonchev–Trinajstić information content (AvgIpc) is 2.90. The van der Waals surface area contributed by atoms with Crippen molar-refractivity contribution in [3.8, 4) is 0 Å². The van der Waals surface area contributed by atoms with Gasteiger partial charge in [0.15, 0.2) is 0 Å². The molecule has 9 heteroatoms. The van der Waals surface area contributed by atoms with Gasteiger partial charge in [-0.3, -0.25) is 14.5 Å². The molecule has 0 aliphatic heterocycles. The molecule has 1 aromatic carbocycles. The lowest BCUT2D eigenvalue weighted by molar-refractivity contribution is -0.130. The first kappa shape index (κ1) is 16.4. The Morgan fingerprint density at radius 2 is 1.91 bits per heavy atom. The lowest BCUT2D eigenvalue weighted by Gasteiger charge is -2.16. The first-order valence-corrected chi connectivity index (χ1v) is 8.60. The Balaban J connectivity index is 2.13. The van der Waals surface area contributed by atoms with Crippen molar-refractivity contribution in [2.75, 3.05) is 10.0 Å². The molecular formula is C13H15N3O4S2.